The fourth-order valence-corrected chi connectivity index (χ4v) is 3.18. The van der Waals surface area contributed by atoms with Crippen molar-refractivity contribution in [3.8, 4) is 0 Å². The summed E-state index contributed by atoms with van der Waals surface area (Å²) in [7, 11) is 0. The topological polar surface area (TPSA) is 12.0 Å². The molecule has 94 valence electrons. The predicted molar refractivity (Wildman–Crippen MR) is 82.2 cm³/mol. The molecule has 0 aliphatic heterocycles. The Labute approximate surface area is 119 Å². The van der Waals surface area contributed by atoms with E-state index >= 15 is 0 Å². The molecule has 0 saturated heterocycles. The molecule has 2 rings (SSSR count). The molecular formula is C15H22IN. The molecule has 1 atom stereocenters. The SMILES string of the molecule is CCCNC(c1ccc(I)cc1)C1CCCC1. The van der Waals surface area contributed by atoms with Gasteiger partial charge in [-0.15, -0.1) is 0 Å². The summed E-state index contributed by atoms with van der Waals surface area (Å²) in [4.78, 5) is 0. The molecule has 1 aromatic rings. The Morgan fingerprint density at radius 3 is 2.47 bits per heavy atom. The molecule has 0 amide bonds. The molecule has 17 heavy (non-hydrogen) atoms. The fraction of sp³-hybridized carbons (Fsp3) is 0.600. The van der Waals surface area contributed by atoms with Gasteiger partial charge in [0.25, 0.3) is 0 Å². The highest BCUT2D eigenvalue weighted by Gasteiger charge is 2.25. The van der Waals surface area contributed by atoms with Crippen molar-refractivity contribution in [3.63, 3.8) is 0 Å². The van der Waals surface area contributed by atoms with Gasteiger partial charge in [0.2, 0.25) is 0 Å². The lowest BCUT2D eigenvalue weighted by atomic mass is 9.91. The molecule has 0 heterocycles. The third kappa shape index (κ3) is 3.68. The van der Waals surface area contributed by atoms with E-state index in [1.807, 2.05) is 0 Å². The average molecular weight is 343 g/mol. The third-order valence-corrected chi connectivity index (χ3v) is 4.43. The summed E-state index contributed by atoms with van der Waals surface area (Å²) in [6.45, 7) is 3.37. The Hall–Kier alpha value is -0.0900. The Morgan fingerprint density at radius 2 is 1.88 bits per heavy atom. The molecule has 0 bridgehead atoms. The summed E-state index contributed by atoms with van der Waals surface area (Å²) in [6, 6.07) is 9.63. The van der Waals surface area contributed by atoms with E-state index in [2.05, 4.69) is 59.1 Å². The number of halogens is 1. The van der Waals surface area contributed by atoms with Crippen molar-refractivity contribution >= 4 is 22.6 Å². The van der Waals surface area contributed by atoms with Gasteiger partial charge >= 0.3 is 0 Å². The first-order valence-electron chi connectivity index (χ1n) is 6.80. The molecule has 1 fully saturated rings. The normalized spacial score (nSPS) is 18.5. The van der Waals surface area contributed by atoms with E-state index in [-0.39, 0.29) is 0 Å². The summed E-state index contributed by atoms with van der Waals surface area (Å²) >= 11 is 2.38. The van der Waals surface area contributed by atoms with Gasteiger partial charge in [-0.05, 0) is 72.0 Å². The number of benzene rings is 1. The van der Waals surface area contributed by atoms with Gasteiger partial charge in [0.1, 0.15) is 0 Å². The Kier molecular flexibility index (Phi) is 5.29. The molecule has 1 N–H and O–H groups in total. The largest absolute Gasteiger partial charge is 0.310 e. The lowest BCUT2D eigenvalue weighted by molar-refractivity contribution is 0.368. The van der Waals surface area contributed by atoms with Crippen molar-refractivity contribution in [1.29, 1.82) is 0 Å². The molecule has 1 aromatic carbocycles. The van der Waals surface area contributed by atoms with Crippen molar-refractivity contribution in [3.05, 3.63) is 33.4 Å². The van der Waals surface area contributed by atoms with E-state index in [1.165, 1.54) is 41.2 Å². The first-order valence-corrected chi connectivity index (χ1v) is 7.88. The predicted octanol–water partition coefficient (Wildman–Crippen LogP) is 4.52. The minimum Gasteiger partial charge on any atom is -0.310 e. The quantitative estimate of drug-likeness (QED) is 0.775. The number of hydrogen-bond donors (Lipinski definition) is 1. The Bertz CT molecular complexity index is 327. The standard InChI is InChI=1S/C15H22IN/c1-2-11-17-15(12-5-3-4-6-12)13-7-9-14(16)10-8-13/h7-10,12,15,17H,2-6,11H2,1H3. The van der Waals surface area contributed by atoms with Crippen LogP contribution in [0.4, 0.5) is 0 Å². The van der Waals surface area contributed by atoms with Gasteiger partial charge in [-0.1, -0.05) is 31.9 Å². The van der Waals surface area contributed by atoms with Crippen LogP contribution in [0, 0.1) is 9.49 Å². The van der Waals surface area contributed by atoms with Crippen LogP contribution < -0.4 is 5.32 Å². The van der Waals surface area contributed by atoms with Crippen LogP contribution in [-0.2, 0) is 0 Å². The van der Waals surface area contributed by atoms with Crippen LogP contribution in [0.2, 0.25) is 0 Å². The van der Waals surface area contributed by atoms with Crippen molar-refractivity contribution in [2.75, 3.05) is 6.54 Å². The first-order chi connectivity index (χ1) is 8.31. The highest BCUT2D eigenvalue weighted by Crippen LogP contribution is 2.35. The van der Waals surface area contributed by atoms with E-state index in [0.29, 0.717) is 6.04 Å². The van der Waals surface area contributed by atoms with E-state index < -0.39 is 0 Å². The number of nitrogens with one attached hydrogen (secondary N) is 1. The maximum atomic E-state index is 3.74. The molecule has 1 aliphatic rings. The molecule has 1 nitrogen and oxygen atoms in total. The summed E-state index contributed by atoms with van der Waals surface area (Å²) in [5, 5.41) is 3.74. The zero-order valence-electron chi connectivity index (χ0n) is 10.6. The van der Waals surface area contributed by atoms with E-state index in [0.717, 1.165) is 12.5 Å². The van der Waals surface area contributed by atoms with Crippen LogP contribution in [0.25, 0.3) is 0 Å². The second kappa shape index (κ2) is 6.74. The van der Waals surface area contributed by atoms with Gasteiger partial charge in [-0.3, -0.25) is 0 Å². The van der Waals surface area contributed by atoms with Crippen LogP contribution in [0.3, 0.4) is 0 Å². The molecule has 0 radical (unpaired) electrons. The van der Waals surface area contributed by atoms with Gasteiger partial charge in [-0.2, -0.15) is 0 Å². The van der Waals surface area contributed by atoms with Crippen molar-refractivity contribution in [2.45, 2.75) is 45.1 Å². The van der Waals surface area contributed by atoms with Crippen molar-refractivity contribution in [2.24, 2.45) is 5.92 Å². The van der Waals surface area contributed by atoms with Crippen LogP contribution in [0.1, 0.15) is 50.6 Å². The van der Waals surface area contributed by atoms with Crippen LogP contribution in [0.5, 0.6) is 0 Å². The second-order valence-corrected chi connectivity index (χ2v) is 6.27. The maximum absolute atomic E-state index is 3.74. The van der Waals surface area contributed by atoms with Crippen LogP contribution in [-0.4, -0.2) is 6.54 Å². The highest BCUT2D eigenvalue weighted by atomic mass is 127. The summed E-state index contributed by atoms with van der Waals surface area (Å²) in [6.07, 6.45) is 6.84. The first kappa shape index (κ1) is 13.3. The molecular weight excluding hydrogens is 321 g/mol. The van der Waals surface area contributed by atoms with Crippen LogP contribution in [0.15, 0.2) is 24.3 Å². The smallest absolute Gasteiger partial charge is 0.0348 e. The van der Waals surface area contributed by atoms with Gasteiger partial charge in [0, 0.05) is 9.61 Å². The minimum absolute atomic E-state index is 0.578. The zero-order chi connectivity index (χ0) is 12.1. The lowest BCUT2D eigenvalue weighted by Gasteiger charge is -2.25. The van der Waals surface area contributed by atoms with Gasteiger partial charge in [-0.25, -0.2) is 0 Å². The van der Waals surface area contributed by atoms with Crippen molar-refractivity contribution < 1.29 is 0 Å². The summed E-state index contributed by atoms with van der Waals surface area (Å²) < 4.78 is 1.33. The van der Waals surface area contributed by atoms with Gasteiger partial charge < -0.3 is 5.32 Å². The van der Waals surface area contributed by atoms with Crippen molar-refractivity contribution in [1.82, 2.24) is 5.32 Å². The third-order valence-electron chi connectivity index (χ3n) is 3.71. The van der Waals surface area contributed by atoms with E-state index in [1.54, 1.807) is 0 Å². The van der Waals surface area contributed by atoms with E-state index in [9.17, 15) is 0 Å². The Morgan fingerprint density at radius 1 is 1.24 bits per heavy atom. The molecule has 2 heteroatoms. The fourth-order valence-electron chi connectivity index (χ4n) is 2.82. The van der Waals surface area contributed by atoms with Gasteiger partial charge in [0.05, 0.1) is 0 Å². The summed E-state index contributed by atoms with van der Waals surface area (Å²) in [5.74, 6) is 0.849. The molecule has 1 saturated carbocycles. The molecule has 1 aliphatic carbocycles. The Balaban J connectivity index is 2.10. The average Bonchev–Trinajstić information content (AvgIpc) is 2.85. The highest BCUT2D eigenvalue weighted by molar-refractivity contribution is 14.1. The number of hydrogen-bond acceptors (Lipinski definition) is 1. The lowest BCUT2D eigenvalue weighted by Crippen LogP contribution is -2.27. The molecule has 0 aromatic heterocycles. The maximum Gasteiger partial charge on any atom is 0.0348 e. The van der Waals surface area contributed by atoms with Crippen LogP contribution >= 0.6 is 22.6 Å². The molecule has 1 unspecified atom stereocenters. The molecule has 0 spiro atoms. The second-order valence-electron chi connectivity index (χ2n) is 5.03. The summed E-state index contributed by atoms with van der Waals surface area (Å²) in [5.41, 5.74) is 1.48. The number of rotatable bonds is 5. The van der Waals surface area contributed by atoms with Gasteiger partial charge in [0.15, 0.2) is 0 Å². The minimum atomic E-state index is 0.578. The van der Waals surface area contributed by atoms with E-state index in [4.69, 9.17) is 0 Å². The monoisotopic (exact) mass is 343 g/mol. The zero-order valence-corrected chi connectivity index (χ0v) is 12.7.